The van der Waals surface area contributed by atoms with E-state index in [9.17, 15) is 5.11 Å². The maximum atomic E-state index is 9.34. The molecule has 0 bridgehead atoms. The van der Waals surface area contributed by atoms with Crippen molar-refractivity contribution in [2.24, 2.45) is 0 Å². The van der Waals surface area contributed by atoms with Crippen LogP contribution >= 0.6 is 15.9 Å². The van der Waals surface area contributed by atoms with Crippen LogP contribution in [0.4, 0.5) is 5.69 Å². The van der Waals surface area contributed by atoms with Crippen molar-refractivity contribution in [3.05, 3.63) is 64.1 Å². The number of nitrogens with zero attached hydrogens (tertiary/aromatic N) is 1. The summed E-state index contributed by atoms with van der Waals surface area (Å²) in [6.45, 7) is 0.884. The van der Waals surface area contributed by atoms with Gasteiger partial charge in [0, 0.05) is 29.3 Å². The number of hydrogen-bond donors (Lipinski definition) is 1. The highest BCUT2D eigenvalue weighted by Gasteiger charge is 2.06. The van der Waals surface area contributed by atoms with E-state index in [1.165, 1.54) is 5.56 Å². The van der Waals surface area contributed by atoms with Gasteiger partial charge in [-0.05, 0) is 23.8 Å². The van der Waals surface area contributed by atoms with E-state index in [0.29, 0.717) is 0 Å². The molecule has 0 aliphatic heterocycles. The van der Waals surface area contributed by atoms with Crippen LogP contribution in [0.25, 0.3) is 0 Å². The molecule has 0 aliphatic carbocycles. The summed E-state index contributed by atoms with van der Waals surface area (Å²) in [4.78, 5) is 2.15. The monoisotopic (exact) mass is 305 g/mol. The fraction of sp³-hybridized carbons (Fsp3) is 0.200. The van der Waals surface area contributed by atoms with Crippen molar-refractivity contribution in [3.8, 4) is 0 Å². The zero-order valence-corrected chi connectivity index (χ0v) is 11.9. The van der Waals surface area contributed by atoms with Crippen LogP contribution in [0.2, 0.25) is 0 Å². The van der Waals surface area contributed by atoms with E-state index in [1.807, 2.05) is 43.4 Å². The Morgan fingerprint density at radius 2 is 1.89 bits per heavy atom. The molecule has 0 amide bonds. The van der Waals surface area contributed by atoms with Crippen molar-refractivity contribution >= 4 is 21.6 Å². The first-order valence-electron chi connectivity index (χ1n) is 5.85. The van der Waals surface area contributed by atoms with Crippen LogP contribution in [0.5, 0.6) is 0 Å². The predicted octanol–water partition coefficient (Wildman–Crippen LogP) is 3.58. The normalized spacial score (nSPS) is 10.4. The molecule has 0 fully saturated rings. The Balaban J connectivity index is 2.19. The van der Waals surface area contributed by atoms with Gasteiger partial charge in [0.25, 0.3) is 0 Å². The summed E-state index contributed by atoms with van der Waals surface area (Å²) >= 11 is 3.48. The van der Waals surface area contributed by atoms with Crippen molar-refractivity contribution in [3.63, 3.8) is 0 Å². The first-order chi connectivity index (χ1) is 8.70. The highest BCUT2D eigenvalue weighted by atomic mass is 79.9. The first kappa shape index (κ1) is 13.1. The van der Waals surface area contributed by atoms with Gasteiger partial charge in [0.05, 0.1) is 6.61 Å². The van der Waals surface area contributed by atoms with E-state index < -0.39 is 0 Å². The van der Waals surface area contributed by atoms with Crippen LogP contribution in [-0.4, -0.2) is 12.2 Å². The fourth-order valence-electron chi connectivity index (χ4n) is 2.01. The second kappa shape index (κ2) is 6.03. The third kappa shape index (κ3) is 3.12. The summed E-state index contributed by atoms with van der Waals surface area (Å²) < 4.78 is 1.09. The summed E-state index contributed by atoms with van der Waals surface area (Å²) in [6, 6.07) is 16.2. The van der Waals surface area contributed by atoms with Crippen molar-refractivity contribution in [2.45, 2.75) is 13.2 Å². The number of hydrogen-bond acceptors (Lipinski definition) is 2. The lowest BCUT2D eigenvalue weighted by molar-refractivity contribution is 0.282. The first-order valence-corrected chi connectivity index (χ1v) is 6.64. The summed E-state index contributed by atoms with van der Waals surface area (Å²) in [5.74, 6) is 0. The second-order valence-corrected chi connectivity index (χ2v) is 5.19. The Morgan fingerprint density at radius 1 is 1.11 bits per heavy atom. The molecule has 0 saturated heterocycles. The van der Waals surface area contributed by atoms with E-state index in [0.717, 1.165) is 22.3 Å². The van der Waals surface area contributed by atoms with Gasteiger partial charge in [-0.1, -0.05) is 46.3 Å². The molecule has 18 heavy (non-hydrogen) atoms. The number of para-hydroxylation sites is 1. The fourth-order valence-corrected chi connectivity index (χ4v) is 2.46. The minimum absolute atomic E-state index is 0.0684. The van der Waals surface area contributed by atoms with Gasteiger partial charge in [0.2, 0.25) is 0 Å². The van der Waals surface area contributed by atoms with Gasteiger partial charge in [0.1, 0.15) is 0 Å². The average Bonchev–Trinajstić information content (AvgIpc) is 2.38. The van der Waals surface area contributed by atoms with Gasteiger partial charge in [-0.3, -0.25) is 0 Å². The van der Waals surface area contributed by atoms with Crippen LogP contribution in [0.15, 0.2) is 53.0 Å². The van der Waals surface area contributed by atoms with Crippen LogP contribution in [0.3, 0.4) is 0 Å². The highest BCUT2D eigenvalue weighted by Crippen LogP contribution is 2.21. The standard InChI is InChI=1S/C15H16BrNO/c1-17(10-12-5-4-7-14(16)9-12)15-8-3-2-6-13(15)11-18/h2-9,18H,10-11H2,1H3. The summed E-state index contributed by atoms with van der Waals surface area (Å²) in [6.07, 6.45) is 0. The lowest BCUT2D eigenvalue weighted by Gasteiger charge is -2.22. The van der Waals surface area contributed by atoms with Crippen LogP contribution in [0.1, 0.15) is 11.1 Å². The minimum atomic E-state index is 0.0684. The average molecular weight is 306 g/mol. The number of halogens is 1. The molecular weight excluding hydrogens is 290 g/mol. The molecule has 1 N–H and O–H groups in total. The molecule has 2 nitrogen and oxygen atoms in total. The topological polar surface area (TPSA) is 23.5 Å². The Morgan fingerprint density at radius 3 is 2.61 bits per heavy atom. The molecule has 0 heterocycles. The Kier molecular flexibility index (Phi) is 4.39. The lowest BCUT2D eigenvalue weighted by atomic mass is 10.1. The maximum Gasteiger partial charge on any atom is 0.0702 e. The molecular formula is C15H16BrNO. The van der Waals surface area contributed by atoms with E-state index in [2.05, 4.69) is 33.0 Å². The van der Waals surface area contributed by atoms with Crippen LogP contribution in [-0.2, 0) is 13.2 Å². The Labute approximate surface area is 116 Å². The quantitative estimate of drug-likeness (QED) is 0.933. The van der Waals surface area contributed by atoms with E-state index >= 15 is 0 Å². The summed E-state index contributed by atoms with van der Waals surface area (Å²) in [5.41, 5.74) is 3.26. The van der Waals surface area contributed by atoms with Crippen molar-refractivity contribution in [1.29, 1.82) is 0 Å². The molecule has 0 unspecified atom stereocenters. The number of benzene rings is 2. The maximum absolute atomic E-state index is 9.34. The zero-order valence-electron chi connectivity index (χ0n) is 10.3. The molecule has 94 valence electrons. The van der Waals surface area contributed by atoms with Crippen LogP contribution < -0.4 is 4.90 Å². The van der Waals surface area contributed by atoms with Crippen molar-refractivity contribution in [2.75, 3.05) is 11.9 Å². The minimum Gasteiger partial charge on any atom is -0.392 e. The SMILES string of the molecule is CN(Cc1cccc(Br)c1)c1ccccc1CO. The molecule has 2 aromatic rings. The van der Waals surface area contributed by atoms with E-state index in [4.69, 9.17) is 0 Å². The van der Waals surface area contributed by atoms with Crippen molar-refractivity contribution < 1.29 is 5.11 Å². The molecule has 0 aliphatic rings. The van der Waals surface area contributed by atoms with Gasteiger partial charge >= 0.3 is 0 Å². The summed E-state index contributed by atoms with van der Waals surface area (Å²) in [7, 11) is 2.04. The third-order valence-electron chi connectivity index (χ3n) is 2.88. The van der Waals surface area contributed by atoms with Gasteiger partial charge in [-0.2, -0.15) is 0 Å². The zero-order chi connectivity index (χ0) is 13.0. The molecule has 0 saturated carbocycles. The molecule has 0 atom stereocenters. The Hall–Kier alpha value is -1.32. The smallest absolute Gasteiger partial charge is 0.0702 e. The largest absolute Gasteiger partial charge is 0.392 e. The van der Waals surface area contributed by atoms with Crippen molar-refractivity contribution in [1.82, 2.24) is 0 Å². The molecule has 0 radical (unpaired) electrons. The predicted molar refractivity (Wildman–Crippen MR) is 78.6 cm³/mol. The van der Waals surface area contributed by atoms with Gasteiger partial charge in [-0.15, -0.1) is 0 Å². The summed E-state index contributed by atoms with van der Waals surface area (Å²) in [5, 5.41) is 9.34. The number of anilines is 1. The Bertz CT molecular complexity index is 527. The number of aliphatic hydroxyl groups excluding tert-OH is 1. The van der Waals surface area contributed by atoms with Gasteiger partial charge in [0.15, 0.2) is 0 Å². The van der Waals surface area contributed by atoms with Crippen LogP contribution in [0, 0.1) is 0 Å². The van der Waals surface area contributed by atoms with E-state index in [1.54, 1.807) is 0 Å². The molecule has 2 rings (SSSR count). The molecule has 3 heteroatoms. The van der Waals surface area contributed by atoms with Gasteiger partial charge < -0.3 is 10.0 Å². The number of rotatable bonds is 4. The highest BCUT2D eigenvalue weighted by molar-refractivity contribution is 9.10. The van der Waals surface area contributed by atoms with E-state index in [-0.39, 0.29) is 6.61 Å². The third-order valence-corrected chi connectivity index (χ3v) is 3.38. The number of aliphatic hydroxyl groups is 1. The lowest BCUT2D eigenvalue weighted by Crippen LogP contribution is -2.17. The molecule has 0 aromatic heterocycles. The molecule has 2 aromatic carbocycles. The molecule has 0 spiro atoms. The van der Waals surface area contributed by atoms with Gasteiger partial charge in [-0.25, -0.2) is 0 Å². The second-order valence-electron chi connectivity index (χ2n) is 4.27.